The summed E-state index contributed by atoms with van der Waals surface area (Å²) < 4.78 is 0. The lowest BCUT2D eigenvalue weighted by molar-refractivity contribution is -0.170. The summed E-state index contributed by atoms with van der Waals surface area (Å²) in [4.78, 5) is 48.0. The Morgan fingerprint density at radius 3 is 1.89 bits per heavy atom. The first-order valence-corrected chi connectivity index (χ1v) is 5.87. The highest BCUT2D eigenvalue weighted by atomic mass is 16.2. The molecular weight excluding hydrogens is 236 g/mol. The van der Waals surface area contributed by atoms with Gasteiger partial charge in [0.1, 0.15) is 0 Å². The van der Waals surface area contributed by atoms with Crippen molar-refractivity contribution in [2.24, 2.45) is 0 Å². The molecule has 0 spiro atoms. The molecule has 1 rings (SSSR count). The van der Waals surface area contributed by atoms with Gasteiger partial charge in [-0.25, -0.2) is 0 Å². The molecule has 1 aliphatic heterocycles. The van der Waals surface area contributed by atoms with Crippen LogP contribution in [0.15, 0.2) is 12.7 Å². The molecule has 0 atom stereocenters. The van der Waals surface area contributed by atoms with E-state index in [0.717, 1.165) is 17.7 Å². The Morgan fingerprint density at radius 1 is 0.944 bits per heavy atom. The number of rotatable bonds is 6. The minimum Gasteiger partial charge on any atom is -0.266 e. The van der Waals surface area contributed by atoms with Crippen LogP contribution in [0.5, 0.6) is 0 Å². The van der Waals surface area contributed by atoms with Crippen LogP contribution in [0.1, 0.15) is 26.2 Å². The first-order chi connectivity index (χ1) is 8.54. The molecule has 0 radical (unpaired) electrons. The maximum absolute atomic E-state index is 11.7. The zero-order valence-corrected chi connectivity index (χ0v) is 10.3. The second-order valence-corrected chi connectivity index (χ2v) is 3.98. The number of unbranched alkanes of at least 4 members (excludes halogenated alkanes) is 2. The van der Waals surface area contributed by atoms with Crippen molar-refractivity contribution in [3.63, 3.8) is 0 Å². The molecule has 98 valence electrons. The van der Waals surface area contributed by atoms with Crippen molar-refractivity contribution in [3.8, 4) is 0 Å². The Labute approximate surface area is 105 Å². The van der Waals surface area contributed by atoms with Gasteiger partial charge in [0.05, 0.1) is 0 Å². The van der Waals surface area contributed by atoms with E-state index >= 15 is 0 Å². The third kappa shape index (κ3) is 2.64. The Bertz CT molecular complexity index is 375. The van der Waals surface area contributed by atoms with E-state index in [1.165, 1.54) is 6.08 Å². The van der Waals surface area contributed by atoms with E-state index in [4.69, 9.17) is 0 Å². The first-order valence-electron chi connectivity index (χ1n) is 5.87. The highest BCUT2D eigenvalue weighted by molar-refractivity contribution is 6.54. The number of nitrogens with zero attached hydrogens (tertiary/aromatic N) is 2. The van der Waals surface area contributed by atoms with Gasteiger partial charge in [-0.3, -0.25) is 29.0 Å². The van der Waals surface area contributed by atoms with E-state index in [2.05, 4.69) is 6.58 Å². The lowest BCUT2D eigenvalue weighted by Gasteiger charge is -2.29. The standard InChI is InChI=1S/C12H16N2O4/c1-3-5-6-8-14-11(17)9(15)13(7-4-2)10(16)12(14)18/h4H,2-3,5-8H2,1H3. The van der Waals surface area contributed by atoms with Crippen molar-refractivity contribution in [1.29, 1.82) is 0 Å². The summed E-state index contributed by atoms with van der Waals surface area (Å²) in [7, 11) is 0. The number of hydrogen-bond donors (Lipinski definition) is 0. The molecule has 6 nitrogen and oxygen atoms in total. The fraction of sp³-hybridized carbons (Fsp3) is 0.500. The number of hydrogen-bond acceptors (Lipinski definition) is 4. The monoisotopic (exact) mass is 252 g/mol. The van der Waals surface area contributed by atoms with Crippen molar-refractivity contribution < 1.29 is 19.2 Å². The second-order valence-electron chi connectivity index (χ2n) is 3.98. The van der Waals surface area contributed by atoms with Crippen molar-refractivity contribution in [2.45, 2.75) is 26.2 Å². The molecule has 1 heterocycles. The Hall–Kier alpha value is -1.98. The van der Waals surface area contributed by atoms with E-state index in [0.29, 0.717) is 11.3 Å². The van der Waals surface area contributed by atoms with Crippen LogP contribution >= 0.6 is 0 Å². The van der Waals surface area contributed by atoms with Crippen molar-refractivity contribution >= 4 is 23.6 Å². The van der Waals surface area contributed by atoms with Crippen LogP contribution in [0.25, 0.3) is 0 Å². The highest BCUT2D eigenvalue weighted by Gasteiger charge is 2.43. The third-order valence-corrected chi connectivity index (χ3v) is 2.64. The molecule has 0 unspecified atom stereocenters. The van der Waals surface area contributed by atoms with Gasteiger partial charge in [-0.05, 0) is 6.42 Å². The van der Waals surface area contributed by atoms with Gasteiger partial charge in [0, 0.05) is 13.1 Å². The molecular formula is C12H16N2O4. The zero-order valence-electron chi connectivity index (χ0n) is 10.3. The normalized spacial score (nSPS) is 16.5. The Morgan fingerprint density at radius 2 is 1.44 bits per heavy atom. The summed E-state index contributed by atoms with van der Waals surface area (Å²) >= 11 is 0. The van der Waals surface area contributed by atoms with Crippen molar-refractivity contribution in [3.05, 3.63) is 12.7 Å². The average Bonchev–Trinajstić information content (AvgIpc) is 2.36. The highest BCUT2D eigenvalue weighted by Crippen LogP contribution is 2.10. The van der Waals surface area contributed by atoms with E-state index in [1.54, 1.807) is 0 Å². The van der Waals surface area contributed by atoms with Crippen molar-refractivity contribution in [1.82, 2.24) is 9.80 Å². The van der Waals surface area contributed by atoms with Gasteiger partial charge in [0.25, 0.3) is 0 Å². The van der Waals surface area contributed by atoms with Gasteiger partial charge in [0.15, 0.2) is 0 Å². The number of imide groups is 2. The maximum Gasteiger partial charge on any atom is 0.319 e. The fourth-order valence-electron chi connectivity index (χ4n) is 1.66. The number of carbonyl (C=O) groups is 4. The molecule has 0 saturated carbocycles. The number of carbonyl (C=O) groups excluding carboxylic acids is 4. The molecule has 0 aliphatic carbocycles. The van der Waals surface area contributed by atoms with E-state index < -0.39 is 23.6 Å². The van der Waals surface area contributed by atoms with Gasteiger partial charge >= 0.3 is 23.6 Å². The van der Waals surface area contributed by atoms with E-state index in [1.807, 2.05) is 6.92 Å². The van der Waals surface area contributed by atoms with Gasteiger partial charge in [-0.15, -0.1) is 6.58 Å². The zero-order chi connectivity index (χ0) is 13.7. The van der Waals surface area contributed by atoms with Crippen LogP contribution < -0.4 is 0 Å². The maximum atomic E-state index is 11.7. The van der Waals surface area contributed by atoms with Crippen LogP contribution in [0.4, 0.5) is 0 Å². The predicted octanol–water partition coefficient (Wildman–Crippen LogP) is 0.0866. The summed E-state index contributed by atoms with van der Waals surface area (Å²) in [6, 6.07) is 0. The van der Waals surface area contributed by atoms with Gasteiger partial charge < -0.3 is 0 Å². The average molecular weight is 252 g/mol. The summed E-state index contributed by atoms with van der Waals surface area (Å²) in [5, 5.41) is 0. The van der Waals surface area contributed by atoms with Gasteiger partial charge in [0.2, 0.25) is 0 Å². The minimum atomic E-state index is -0.962. The van der Waals surface area contributed by atoms with Gasteiger partial charge in [-0.2, -0.15) is 0 Å². The Kier molecular flexibility index (Phi) is 4.76. The molecule has 0 N–H and O–H groups in total. The van der Waals surface area contributed by atoms with Crippen LogP contribution in [0, 0.1) is 0 Å². The SMILES string of the molecule is C=CCN1C(=O)C(=O)N(CCCCC)C(=O)C1=O. The van der Waals surface area contributed by atoms with E-state index in [-0.39, 0.29) is 13.1 Å². The molecule has 1 saturated heterocycles. The quantitative estimate of drug-likeness (QED) is 0.290. The summed E-state index contributed by atoms with van der Waals surface area (Å²) in [6.07, 6.45) is 3.63. The molecule has 4 amide bonds. The fourth-order valence-corrected chi connectivity index (χ4v) is 1.66. The molecule has 0 aromatic rings. The smallest absolute Gasteiger partial charge is 0.266 e. The summed E-state index contributed by atoms with van der Waals surface area (Å²) in [5.74, 6) is -3.79. The molecule has 18 heavy (non-hydrogen) atoms. The number of amides is 4. The Balaban J connectivity index is 2.82. The molecule has 1 fully saturated rings. The first kappa shape index (κ1) is 14.1. The molecule has 6 heteroatoms. The molecule has 0 aromatic heterocycles. The van der Waals surface area contributed by atoms with Gasteiger partial charge in [-0.1, -0.05) is 25.8 Å². The topological polar surface area (TPSA) is 74.8 Å². The lowest BCUT2D eigenvalue weighted by Crippen LogP contribution is -2.60. The third-order valence-electron chi connectivity index (χ3n) is 2.64. The summed E-state index contributed by atoms with van der Waals surface area (Å²) in [6.45, 7) is 5.33. The van der Waals surface area contributed by atoms with Crippen molar-refractivity contribution in [2.75, 3.05) is 13.1 Å². The minimum absolute atomic E-state index is 0.116. The molecule has 0 aromatic carbocycles. The van der Waals surface area contributed by atoms with Crippen LogP contribution in [-0.4, -0.2) is 46.5 Å². The molecule has 0 bridgehead atoms. The predicted molar refractivity (Wildman–Crippen MR) is 63.2 cm³/mol. The summed E-state index contributed by atoms with van der Waals surface area (Å²) in [5.41, 5.74) is 0. The van der Waals surface area contributed by atoms with Crippen LogP contribution in [0.3, 0.4) is 0 Å². The van der Waals surface area contributed by atoms with E-state index in [9.17, 15) is 19.2 Å². The van der Waals surface area contributed by atoms with Crippen LogP contribution in [-0.2, 0) is 19.2 Å². The van der Waals surface area contributed by atoms with Crippen LogP contribution in [0.2, 0.25) is 0 Å². The lowest BCUT2D eigenvalue weighted by atomic mass is 10.2. The largest absolute Gasteiger partial charge is 0.319 e. The number of piperazine rings is 1. The second kappa shape index (κ2) is 6.09. The molecule has 1 aliphatic rings.